The van der Waals surface area contributed by atoms with Crippen molar-refractivity contribution in [2.24, 2.45) is 11.1 Å². The first-order valence-corrected chi connectivity index (χ1v) is 15.6. The number of carbonyl (C=O) groups excluding carboxylic acids is 1. The molecular weight excluding hydrogens is 607 g/mol. The van der Waals surface area contributed by atoms with Crippen LogP contribution in [0.1, 0.15) is 52.6 Å². The van der Waals surface area contributed by atoms with Crippen LogP contribution in [0.3, 0.4) is 0 Å². The zero-order valence-corrected chi connectivity index (χ0v) is 24.5. The molecule has 2 N–H and O–H groups in total. The molecule has 0 radical (unpaired) electrons. The summed E-state index contributed by atoms with van der Waals surface area (Å²) in [5.74, 6) is -0.906. The maximum Gasteiger partial charge on any atom is 0.357 e. The Morgan fingerprint density at radius 1 is 1.26 bits per heavy atom. The van der Waals surface area contributed by atoms with Crippen molar-refractivity contribution in [1.82, 2.24) is 14.8 Å². The van der Waals surface area contributed by atoms with Crippen molar-refractivity contribution >= 4 is 43.3 Å². The second-order valence-electron chi connectivity index (χ2n) is 9.52. The second-order valence-corrected chi connectivity index (χ2v) is 12.7. The molecule has 8 nitrogen and oxygen atoms in total. The van der Waals surface area contributed by atoms with Gasteiger partial charge in [0.05, 0.1) is 18.0 Å². The first-order valence-electron chi connectivity index (χ1n) is 12.4. The zero-order chi connectivity index (χ0) is 27.9. The molecule has 0 amide bonds. The van der Waals surface area contributed by atoms with Gasteiger partial charge >= 0.3 is 5.97 Å². The highest BCUT2D eigenvalue weighted by Crippen LogP contribution is 2.39. The van der Waals surface area contributed by atoms with E-state index in [1.165, 1.54) is 23.5 Å². The zero-order valence-electron chi connectivity index (χ0n) is 21.3. The molecule has 4 aromatic rings. The average molecular weight is 634 g/mol. The summed E-state index contributed by atoms with van der Waals surface area (Å²) < 4.78 is 46.0. The normalized spacial score (nSPS) is 13.6. The third kappa shape index (κ3) is 5.98. The van der Waals surface area contributed by atoms with Crippen LogP contribution in [0.4, 0.5) is 4.39 Å². The fourth-order valence-electron chi connectivity index (χ4n) is 4.36. The highest BCUT2D eigenvalue weighted by atomic mass is 79.9. The lowest BCUT2D eigenvalue weighted by Crippen LogP contribution is -2.14. The van der Waals surface area contributed by atoms with Gasteiger partial charge in [-0.3, -0.25) is 0 Å². The van der Waals surface area contributed by atoms with Crippen LogP contribution in [0, 0.1) is 18.7 Å². The molecule has 1 aliphatic carbocycles. The molecule has 12 heteroatoms. The maximum absolute atomic E-state index is 14.8. The van der Waals surface area contributed by atoms with E-state index in [9.17, 15) is 17.6 Å². The van der Waals surface area contributed by atoms with E-state index in [0.29, 0.717) is 28.7 Å². The van der Waals surface area contributed by atoms with E-state index in [-0.39, 0.29) is 12.3 Å². The Balaban J connectivity index is 1.66. The summed E-state index contributed by atoms with van der Waals surface area (Å²) in [7, 11) is -4.18. The number of aryl methyl sites for hydroxylation is 1. The van der Waals surface area contributed by atoms with E-state index >= 15 is 0 Å². The van der Waals surface area contributed by atoms with Gasteiger partial charge in [0.15, 0.2) is 5.69 Å². The van der Waals surface area contributed by atoms with E-state index in [2.05, 4.69) is 20.9 Å². The second kappa shape index (κ2) is 10.9. The number of primary sulfonamides is 1. The number of sulfonamides is 1. The minimum Gasteiger partial charge on any atom is -0.461 e. The summed E-state index contributed by atoms with van der Waals surface area (Å²) in [6.07, 6.45) is 3.24. The van der Waals surface area contributed by atoms with Crippen LogP contribution in [0.2, 0.25) is 0 Å². The molecule has 2 heterocycles. The molecular formula is C27H26BrFN4O4S2. The lowest BCUT2D eigenvalue weighted by Gasteiger charge is -2.10. The lowest BCUT2D eigenvalue weighted by molar-refractivity contribution is 0.0520. The predicted octanol–water partition coefficient (Wildman–Crippen LogP) is 5.57. The number of rotatable bonds is 9. The molecule has 204 valence electrons. The van der Waals surface area contributed by atoms with Crippen LogP contribution in [0.5, 0.6) is 0 Å². The summed E-state index contributed by atoms with van der Waals surface area (Å²) in [5, 5.41) is 12.3. The van der Waals surface area contributed by atoms with Crippen LogP contribution in [0.15, 0.2) is 51.1 Å². The summed E-state index contributed by atoms with van der Waals surface area (Å²) in [6, 6.07) is 9.93. The number of esters is 1. The van der Waals surface area contributed by atoms with Gasteiger partial charge in [-0.15, -0.1) is 11.3 Å². The number of aromatic nitrogens is 3. The van der Waals surface area contributed by atoms with Crippen LogP contribution in [0.25, 0.3) is 16.4 Å². The van der Waals surface area contributed by atoms with E-state index in [4.69, 9.17) is 15.0 Å². The summed E-state index contributed by atoms with van der Waals surface area (Å²) >= 11 is 4.90. The fourth-order valence-corrected chi connectivity index (χ4v) is 6.09. The molecule has 0 aliphatic heterocycles. The molecule has 5 rings (SSSR count). The minimum atomic E-state index is -4.18. The Morgan fingerprint density at radius 3 is 2.67 bits per heavy atom. The fraction of sp³-hybridized carbons (Fsp3) is 0.296. The molecule has 0 saturated heterocycles. The molecule has 0 atom stereocenters. The molecule has 2 aromatic heterocycles. The monoisotopic (exact) mass is 632 g/mol. The van der Waals surface area contributed by atoms with Gasteiger partial charge in [0.1, 0.15) is 10.7 Å². The van der Waals surface area contributed by atoms with Gasteiger partial charge < -0.3 is 4.74 Å². The van der Waals surface area contributed by atoms with Crippen LogP contribution in [-0.2, 0) is 27.6 Å². The van der Waals surface area contributed by atoms with Gasteiger partial charge in [0, 0.05) is 27.4 Å². The van der Waals surface area contributed by atoms with Gasteiger partial charge in [0.2, 0.25) is 15.2 Å². The molecule has 2 aromatic carbocycles. The lowest BCUT2D eigenvalue weighted by atomic mass is 9.96. The largest absolute Gasteiger partial charge is 0.461 e. The Labute approximate surface area is 238 Å². The van der Waals surface area contributed by atoms with Crippen molar-refractivity contribution < 1.29 is 22.3 Å². The van der Waals surface area contributed by atoms with Crippen molar-refractivity contribution in [3.63, 3.8) is 0 Å². The maximum atomic E-state index is 14.8. The van der Waals surface area contributed by atoms with Crippen molar-refractivity contribution in [2.75, 3.05) is 6.61 Å². The van der Waals surface area contributed by atoms with Gasteiger partial charge in [-0.1, -0.05) is 34.1 Å². The molecule has 0 spiro atoms. The number of ether oxygens (including phenoxy) is 1. The number of thiazole rings is 1. The standard InChI is InChI=1S/C27H26BrFN4O4S2/c1-3-37-26(34)22-14-38-27(31-22)33-23(12-16-5-6-16)19(25(32-33)18-8-4-15(2)20(28)13-18)10-17-7-9-24(21(29)11-17)39(30,35)36/h4,7-9,11,13-14,16H,3,5-6,10,12H2,1-2H3,(H2,30,35,36). The number of hydrogen-bond acceptors (Lipinski definition) is 7. The van der Waals surface area contributed by atoms with Crippen molar-refractivity contribution in [2.45, 2.75) is 44.4 Å². The van der Waals surface area contributed by atoms with Crippen molar-refractivity contribution in [1.29, 1.82) is 0 Å². The number of nitrogens with two attached hydrogens (primary N) is 1. The third-order valence-corrected chi connectivity index (χ3v) is 9.17. The highest BCUT2D eigenvalue weighted by Gasteiger charge is 2.29. The topological polar surface area (TPSA) is 117 Å². The number of halogens is 2. The van der Waals surface area contributed by atoms with Gasteiger partial charge in [-0.25, -0.2) is 32.4 Å². The summed E-state index contributed by atoms with van der Waals surface area (Å²) in [5.41, 5.74) is 5.23. The number of carbonyl (C=O) groups is 1. The molecule has 1 fully saturated rings. The Hall–Kier alpha value is -2.93. The number of hydrogen-bond donors (Lipinski definition) is 1. The Kier molecular flexibility index (Phi) is 7.73. The molecule has 0 unspecified atom stereocenters. The first kappa shape index (κ1) is 27.6. The molecule has 0 bridgehead atoms. The van der Waals surface area contributed by atoms with Crippen LogP contribution < -0.4 is 5.14 Å². The third-order valence-electron chi connectivity index (χ3n) is 6.56. The Bertz CT molecular complexity index is 1680. The predicted molar refractivity (Wildman–Crippen MR) is 150 cm³/mol. The van der Waals surface area contributed by atoms with Crippen molar-refractivity contribution in [3.8, 4) is 16.4 Å². The summed E-state index contributed by atoms with van der Waals surface area (Å²) in [4.78, 5) is 16.3. The van der Waals surface area contributed by atoms with E-state index < -0.39 is 26.7 Å². The average Bonchev–Trinajstić information content (AvgIpc) is 3.43. The highest BCUT2D eigenvalue weighted by molar-refractivity contribution is 9.10. The number of benzene rings is 2. The minimum absolute atomic E-state index is 0.214. The summed E-state index contributed by atoms with van der Waals surface area (Å²) in [6.45, 7) is 3.98. The quantitative estimate of drug-likeness (QED) is 0.241. The Morgan fingerprint density at radius 2 is 2.03 bits per heavy atom. The van der Waals surface area contributed by atoms with E-state index in [0.717, 1.165) is 46.1 Å². The van der Waals surface area contributed by atoms with Gasteiger partial charge in [0.25, 0.3) is 0 Å². The SMILES string of the molecule is CCOC(=O)c1csc(-n2nc(-c3ccc(C)c(Br)c3)c(Cc3ccc(S(N)(=O)=O)c(F)c3)c2CC2CC2)n1. The molecule has 39 heavy (non-hydrogen) atoms. The number of nitrogens with zero attached hydrogens (tertiary/aromatic N) is 3. The smallest absolute Gasteiger partial charge is 0.357 e. The van der Waals surface area contributed by atoms with Crippen LogP contribution in [-0.4, -0.2) is 35.8 Å². The first-order chi connectivity index (χ1) is 18.5. The molecule has 1 saturated carbocycles. The van der Waals surface area contributed by atoms with Gasteiger partial charge in [-0.05, 0) is 68.4 Å². The van der Waals surface area contributed by atoms with Gasteiger partial charge in [-0.2, -0.15) is 5.10 Å². The van der Waals surface area contributed by atoms with Crippen LogP contribution >= 0.6 is 27.3 Å². The molecule has 1 aliphatic rings. The van der Waals surface area contributed by atoms with E-state index in [1.54, 1.807) is 23.1 Å². The van der Waals surface area contributed by atoms with E-state index in [1.807, 2.05) is 25.1 Å². The van der Waals surface area contributed by atoms with Crippen molar-refractivity contribution in [3.05, 3.63) is 80.1 Å².